The Hall–Kier alpha value is -3.06. The first-order chi connectivity index (χ1) is 17.2. The van der Waals surface area contributed by atoms with Gasteiger partial charge in [-0.05, 0) is 40.8 Å². The minimum Gasteiger partial charge on any atom is -0.379 e. The number of morpholine rings is 1. The normalized spacial score (nSPS) is 15.6. The number of nitrogens with one attached hydrogen (secondary N) is 1. The molecule has 1 fully saturated rings. The van der Waals surface area contributed by atoms with E-state index in [1.54, 1.807) is 0 Å². The van der Waals surface area contributed by atoms with Gasteiger partial charge in [0.15, 0.2) is 0 Å². The number of rotatable bonds is 6. The van der Waals surface area contributed by atoms with Gasteiger partial charge in [0, 0.05) is 65.8 Å². The second-order valence-electron chi connectivity index (χ2n) is 9.29. The van der Waals surface area contributed by atoms with Crippen LogP contribution in [-0.2, 0) is 24.1 Å². The number of aliphatic imine (C=N–C) groups is 1. The summed E-state index contributed by atoms with van der Waals surface area (Å²) in [5.41, 5.74) is 11.2. The van der Waals surface area contributed by atoms with E-state index in [9.17, 15) is 0 Å². The van der Waals surface area contributed by atoms with Gasteiger partial charge in [0.1, 0.15) is 0 Å². The maximum absolute atomic E-state index is 5.47. The van der Waals surface area contributed by atoms with Crippen molar-refractivity contribution in [3.63, 3.8) is 0 Å². The molecule has 1 aliphatic carbocycles. The first-order valence-corrected chi connectivity index (χ1v) is 13.2. The zero-order chi connectivity index (χ0) is 23.8. The fourth-order valence-corrected chi connectivity index (χ4v) is 6.37. The maximum atomic E-state index is 5.47. The number of fused-ring (bicyclic) bond motifs is 3. The number of aryl methyl sites for hydroxylation is 1. The van der Waals surface area contributed by atoms with Crippen LogP contribution in [0.3, 0.4) is 0 Å². The summed E-state index contributed by atoms with van der Waals surface area (Å²) in [6.07, 6.45) is 3.85. The molecule has 1 N–H and O–H groups in total. The summed E-state index contributed by atoms with van der Waals surface area (Å²) >= 11 is 1.91. The Balaban J connectivity index is 1.23. The monoisotopic (exact) mass is 482 g/mol. The summed E-state index contributed by atoms with van der Waals surface area (Å²) < 4.78 is 5.47. The van der Waals surface area contributed by atoms with E-state index in [0.29, 0.717) is 0 Å². The molecule has 2 aliphatic rings. The second kappa shape index (κ2) is 9.53. The van der Waals surface area contributed by atoms with Crippen LogP contribution in [0.5, 0.6) is 0 Å². The first-order valence-electron chi connectivity index (χ1n) is 12.4. The van der Waals surface area contributed by atoms with Gasteiger partial charge in [0.25, 0.3) is 0 Å². The molecule has 6 rings (SSSR count). The van der Waals surface area contributed by atoms with Crippen LogP contribution in [0.15, 0.2) is 53.5 Å². The van der Waals surface area contributed by atoms with E-state index in [-0.39, 0.29) is 0 Å². The van der Waals surface area contributed by atoms with Gasteiger partial charge in [-0.3, -0.25) is 15.0 Å². The molecule has 35 heavy (non-hydrogen) atoms. The lowest BCUT2D eigenvalue weighted by Gasteiger charge is -2.26. The zero-order valence-electron chi connectivity index (χ0n) is 20.3. The predicted octanol–water partition coefficient (Wildman–Crippen LogP) is 5.82. The summed E-state index contributed by atoms with van der Waals surface area (Å²) in [6.45, 7) is 6.91. The molecule has 2 aromatic heterocycles. The van der Waals surface area contributed by atoms with Gasteiger partial charge >= 0.3 is 0 Å². The molecule has 4 aromatic rings. The number of hydrogen-bond acceptors (Lipinski definition) is 5. The molecule has 0 spiro atoms. The van der Waals surface area contributed by atoms with Gasteiger partial charge in [-0.2, -0.15) is 5.10 Å². The maximum Gasteiger partial charge on any atom is 0.0963 e. The molecule has 1 aliphatic heterocycles. The summed E-state index contributed by atoms with van der Waals surface area (Å²) in [4.78, 5) is 9.41. The van der Waals surface area contributed by atoms with Crippen LogP contribution in [0, 0.1) is 0 Å². The lowest BCUT2D eigenvalue weighted by molar-refractivity contribution is 0.0342. The van der Waals surface area contributed by atoms with Crippen molar-refractivity contribution in [2.45, 2.75) is 26.3 Å². The molecular weight excluding hydrogens is 452 g/mol. The highest BCUT2D eigenvalue weighted by Gasteiger charge is 2.28. The van der Waals surface area contributed by atoms with Gasteiger partial charge in [0.2, 0.25) is 0 Å². The highest BCUT2D eigenvalue weighted by Crippen LogP contribution is 2.46. The summed E-state index contributed by atoms with van der Waals surface area (Å²) in [5.74, 6) is 0. The second-order valence-corrected chi connectivity index (χ2v) is 10.4. The van der Waals surface area contributed by atoms with Gasteiger partial charge in [0.05, 0.1) is 24.6 Å². The third-order valence-corrected chi connectivity index (χ3v) is 8.28. The summed E-state index contributed by atoms with van der Waals surface area (Å²) in [5, 5.41) is 8.09. The molecule has 0 bridgehead atoms. The fraction of sp³-hybridized carbons (Fsp3) is 0.310. The molecular formula is C29H30N4OS. The van der Waals surface area contributed by atoms with Gasteiger partial charge in [-0.15, -0.1) is 11.3 Å². The molecule has 178 valence electrons. The van der Waals surface area contributed by atoms with Crippen molar-refractivity contribution in [1.29, 1.82) is 0 Å². The number of aromatic nitrogens is 2. The Labute approximate surface area is 210 Å². The quantitative estimate of drug-likeness (QED) is 0.310. The minimum absolute atomic E-state index is 0.842. The van der Waals surface area contributed by atoms with Crippen molar-refractivity contribution < 1.29 is 4.74 Å². The topological polar surface area (TPSA) is 53.5 Å². The van der Waals surface area contributed by atoms with E-state index in [4.69, 9.17) is 9.84 Å². The highest BCUT2D eigenvalue weighted by molar-refractivity contribution is 7.16. The average molecular weight is 483 g/mol. The lowest BCUT2D eigenvalue weighted by Crippen LogP contribution is -2.35. The van der Waals surface area contributed by atoms with Gasteiger partial charge in [-0.1, -0.05) is 43.3 Å². The Morgan fingerprint density at radius 1 is 1.09 bits per heavy atom. The Kier molecular flexibility index (Phi) is 6.10. The van der Waals surface area contributed by atoms with Gasteiger partial charge < -0.3 is 4.74 Å². The number of H-pyrrole nitrogens is 1. The Morgan fingerprint density at radius 2 is 1.89 bits per heavy atom. The summed E-state index contributed by atoms with van der Waals surface area (Å²) in [6, 6.07) is 18.0. The molecule has 0 unspecified atom stereocenters. The summed E-state index contributed by atoms with van der Waals surface area (Å²) in [7, 11) is 1.82. The highest BCUT2D eigenvalue weighted by atomic mass is 32.1. The zero-order valence-corrected chi connectivity index (χ0v) is 21.1. The number of ether oxygens (including phenoxy) is 1. The smallest absolute Gasteiger partial charge is 0.0963 e. The third-order valence-electron chi connectivity index (χ3n) is 7.10. The van der Waals surface area contributed by atoms with Crippen LogP contribution in [0.1, 0.15) is 34.1 Å². The number of nitrogens with zero attached hydrogens (tertiary/aromatic N) is 3. The van der Waals surface area contributed by atoms with Crippen LogP contribution in [0.4, 0.5) is 0 Å². The molecule has 0 atom stereocenters. The number of thiophene rings is 1. The SMILES string of the molecule is CCc1cc(-c2n[nH]c3c2Cc2sc(-c4ccc(CN5CCOCC5)cc4)cc2-3)ccc1/C=N\C. The largest absolute Gasteiger partial charge is 0.379 e. The first kappa shape index (κ1) is 22.4. The molecule has 0 radical (unpaired) electrons. The molecule has 5 nitrogen and oxygen atoms in total. The van der Waals surface area contributed by atoms with E-state index in [1.165, 1.54) is 54.4 Å². The molecule has 6 heteroatoms. The van der Waals surface area contributed by atoms with Crippen molar-refractivity contribution >= 4 is 17.6 Å². The average Bonchev–Trinajstić information content (AvgIpc) is 3.57. The third kappa shape index (κ3) is 4.27. The molecule has 3 heterocycles. The number of benzene rings is 2. The number of aromatic amines is 1. The van der Waals surface area contributed by atoms with Crippen molar-refractivity contribution in [3.8, 4) is 33.0 Å². The van der Waals surface area contributed by atoms with E-state index < -0.39 is 0 Å². The molecule has 2 aromatic carbocycles. The minimum atomic E-state index is 0.842. The molecule has 0 amide bonds. The van der Waals surface area contributed by atoms with Crippen molar-refractivity contribution in [2.75, 3.05) is 33.4 Å². The molecule has 0 saturated carbocycles. The van der Waals surface area contributed by atoms with Crippen LogP contribution >= 0.6 is 11.3 Å². The van der Waals surface area contributed by atoms with E-state index in [1.807, 2.05) is 24.6 Å². The van der Waals surface area contributed by atoms with Gasteiger partial charge in [-0.25, -0.2) is 0 Å². The van der Waals surface area contributed by atoms with Crippen molar-refractivity contribution in [1.82, 2.24) is 15.1 Å². The predicted molar refractivity (Wildman–Crippen MR) is 145 cm³/mol. The van der Waals surface area contributed by atoms with E-state index in [2.05, 4.69) is 70.4 Å². The van der Waals surface area contributed by atoms with E-state index >= 15 is 0 Å². The molecule has 1 saturated heterocycles. The Bertz CT molecular complexity index is 1380. The number of hydrogen-bond donors (Lipinski definition) is 1. The van der Waals surface area contributed by atoms with Crippen molar-refractivity contribution in [3.05, 3.63) is 75.7 Å². The fourth-order valence-electron chi connectivity index (χ4n) is 5.19. The van der Waals surface area contributed by atoms with Crippen molar-refractivity contribution in [2.24, 2.45) is 4.99 Å². The van der Waals surface area contributed by atoms with Crippen LogP contribution in [0.2, 0.25) is 0 Å². The van der Waals surface area contributed by atoms with Crippen LogP contribution in [0.25, 0.3) is 33.0 Å². The Morgan fingerprint density at radius 3 is 2.66 bits per heavy atom. The van der Waals surface area contributed by atoms with Crippen LogP contribution < -0.4 is 0 Å². The standard InChI is InChI=1S/C29H30N4OS/c1-3-20-14-22(8-9-23(20)17-30-2)28-25-16-27-24(29(25)32-31-28)15-26(35-27)21-6-4-19(5-7-21)18-33-10-12-34-13-11-33/h4-9,14-15,17H,3,10-13,16,18H2,1-2H3,(H,31,32)/b30-17-. The van der Waals surface area contributed by atoms with E-state index in [0.717, 1.165) is 51.4 Å². The van der Waals surface area contributed by atoms with Crippen LogP contribution in [-0.4, -0.2) is 54.7 Å². The lowest BCUT2D eigenvalue weighted by atomic mass is 9.98.